The van der Waals surface area contributed by atoms with Crippen molar-refractivity contribution >= 4 is 15.7 Å². The fourth-order valence-electron chi connectivity index (χ4n) is 1.82. The highest BCUT2D eigenvalue weighted by Crippen LogP contribution is 2.23. The van der Waals surface area contributed by atoms with Crippen LogP contribution in [-0.4, -0.2) is 27.6 Å². The van der Waals surface area contributed by atoms with Crippen LogP contribution < -0.4 is 14.8 Å². The summed E-state index contributed by atoms with van der Waals surface area (Å²) < 4.78 is 37.5. The van der Waals surface area contributed by atoms with E-state index in [0.717, 1.165) is 0 Å². The minimum absolute atomic E-state index is 0.114. The summed E-state index contributed by atoms with van der Waals surface area (Å²) in [7, 11) is -0.466. The zero-order valence-electron chi connectivity index (χ0n) is 12.0. The summed E-state index contributed by atoms with van der Waals surface area (Å²) in [6.07, 6.45) is 1.39. The SMILES string of the molecule is CNCc1cc(S(=O)(=O)Nc2ccc(OC)nc2)c(C)o1. The summed E-state index contributed by atoms with van der Waals surface area (Å²) >= 11 is 0. The molecule has 0 saturated heterocycles. The van der Waals surface area contributed by atoms with Crippen molar-refractivity contribution in [3.05, 3.63) is 35.9 Å². The molecule has 0 spiro atoms. The van der Waals surface area contributed by atoms with Crippen LogP contribution in [-0.2, 0) is 16.6 Å². The first-order valence-corrected chi connectivity index (χ1v) is 7.71. The van der Waals surface area contributed by atoms with Gasteiger partial charge in [-0.2, -0.15) is 0 Å². The lowest BCUT2D eigenvalue weighted by Gasteiger charge is -2.07. The zero-order chi connectivity index (χ0) is 15.5. The Morgan fingerprint density at radius 3 is 2.71 bits per heavy atom. The molecule has 0 fully saturated rings. The summed E-state index contributed by atoms with van der Waals surface area (Å²) in [5.74, 6) is 1.31. The van der Waals surface area contributed by atoms with Crippen molar-refractivity contribution in [2.75, 3.05) is 18.9 Å². The average molecular weight is 311 g/mol. The summed E-state index contributed by atoms with van der Waals surface area (Å²) in [5.41, 5.74) is 0.353. The number of aryl methyl sites for hydroxylation is 1. The van der Waals surface area contributed by atoms with E-state index in [9.17, 15) is 8.42 Å². The fourth-order valence-corrected chi connectivity index (χ4v) is 3.07. The number of pyridine rings is 1. The molecule has 2 heterocycles. The lowest BCUT2D eigenvalue weighted by atomic mass is 10.4. The van der Waals surface area contributed by atoms with Gasteiger partial charge in [-0.25, -0.2) is 13.4 Å². The number of nitrogens with one attached hydrogen (secondary N) is 2. The Balaban J connectivity index is 2.24. The van der Waals surface area contributed by atoms with Gasteiger partial charge < -0.3 is 14.5 Å². The maximum Gasteiger partial charge on any atom is 0.265 e. The molecule has 0 amide bonds. The van der Waals surface area contributed by atoms with Crippen LogP contribution in [0.3, 0.4) is 0 Å². The van der Waals surface area contributed by atoms with Gasteiger partial charge in [0.05, 0.1) is 25.5 Å². The van der Waals surface area contributed by atoms with Crippen molar-refractivity contribution in [1.82, 2.24) is 10.3 Å². The Bertz CT molecular complexity index is 708. The first-order valence-electron chi connectivity index (χ1n) is 6.23. The Labute approximate surface area is 123 Å². The van der Waals surface area contributed by atoms with Crippen molar-refractivity contribution in [3.63, 3.8) is 0 Å². The second-order valence-electron chi connectivity index (χ2n) is 4.36. The molecule has 0 saturated carbocycles. The number of furan rings is 1. The Morgan fingerprint density at radius 1 is 1.38 bits per heavy atom. The average Bonchev–Trinajstić information content (AvgIpc) is 2.81. The first-order chi connectivity index (χ1) is 9.96. The van der Waals surface area contributed by atoms with E-state index in [1.807, 2.05) is 0 Å². The predicted octanol–water partition coefficient (Wildman–Crippen LogP) is 1.51. The summed E-state index contributed by atoms with van der Waals surface area (Å²) in [4.78, 5) is 4.06. The van der Waals surface area contributed by atoms with Crippen molar-refractivity contribution in [2.45, 2.75) is 18.4 Å². The molecular weight excluding hydrogens is 294 g/mol. The number of aromatic nitrogens is 1. The molecule has 8 heteroatoms. The molecule has 7 nitrogen and oxygen atoms in total. The minimum Gasteiger partial charge on any atom is -0.481 e. The molecule has 0 aliphatic heterocycles. The lowest BCUT2D eigenvalue weighted by molar-refractivity contribution is 0.398. The molecule has 2 aromatic rings. The second kappa shape index (κ2) is 6.15. The van der Waals surface area contributed by atoms with E-state index in [-0.39, 0.29) is 4.90 Å². The second-order valence-corrected chi connectivity index (χ2v) is 6.01. The van der Waals surface area contributed by atoms with E-state index in [1.165, 1.54) is 19.4 Å². The van der Waals surface area contributed by atoms with Crippen LogP contribution in [0, 0.1) is 6.92 Å². The van der Waals surface area contributed by atoms with Crippen molar-refractivity contribution in [3.8, 4) is 5.88 Å². The van der Waals surface area contributed by atoms with Crippen LogP contribution >= 0.6 is 0 Å². The highest BCUT2D eigenvalue weighted by Gasteiger charge is 2.21. The number of nitrogens with zero attached hydrogens (tertiary/aromatic N) is 1. The van der Waals surface area contributed by atoms with Crippen molar-refractivity contribution < 1.29 is 17.6 Å². The highest BCUT2D eigenvalue weighted by atomic mass is 32.2. The molecule has 2 rings (SSSR count). The topological polar surface area (TPSA) is 93.5 Å². The molecule has 0 radical (unpaired) electrons. The van der Waals surface area contributed by atoms with Crippen LogP contribution in [0.5, 0.6) is 5.88 Å². The van der Waals surface area contributed by atoms with Crippen LogP contribution in [0.25, 0.3) is 0 Å². The van der Waals surface area contributed by atoms with Crippen LogP contribution in [0.2, 0.25) is 0 Å². The number of hydrogen-bond acceptors (Lipinski definition) is 6. The zero-order valence-corrected chi connectivity index (χ0v) is 12.8. The molecule has 21 heavy (non-hydrogen) atoms. The van der Waals surface area contributed by atoms with Crippen LogP contribution in [0.4, 0.5) is 5.69 Å². The molecule has 0 aromatic carbocycles. The van der Waals surface area contributed by atoms with Crippen LogP contribution in [0.15, 0.2) is 33.7 Å². The van der Waals surface area contributed by atoms with Gasteiger partial charge in [-0.15, -0.1) is 0 Å². The minimum atomic E-state index is -3.71. The molecule has 0 aliphatic rings. The fraction of sp³-hybridized carbons (Fsp3) is 0.308. The summed E-state index contributed by atoms with van der Waals surface area (Å²) in [5, 5.41) is 2.91. The normalized spacial score (nSPS) is 11.4. The van der Waals surface area contributed by atoms with Crippen molar-refractivity contribution in [1.29, 1.82) is 0 Å². The van der Waals surface area contributed by atoms with Gasteiger partial charge in [0.25, 0.3) is 10.0 Å². The number of hydrogen-bond donors (Lipinski definition) is 2. The smallest absolute Gasteiger partial charge is 0.265 e. The number of anilines is 1. The molecular formula is C13H17N3O4S. The van der Waals surface area contributed by atoms with E-state index in [4.69, 9.17) is 9.15 Å². The predicted molar refractivity (Wildman–Crippen MR) is 77.8 cm³/mol. The third-order valence-electron chi connectivity index (χ3n) is 2.76. The van der Waals surface area contributed by atoms with Gasteiger partial charge in [-0.05, 0) is 20.0 Å². The number of rotatable bonds is 6. The van der Waals surface area contributed by atoms with E-state index >= 15 is 0 Å². The third kappa shape index (κ3) is 3.53. The number of ether oxygens (including phenoxy) is 1. The monoisotopic (exact) mass is 311 g/mol. The molecule has 2 aromatic heterocycles. The van der Waals surface area contributed by atoms with E-state index < -0.39 is 10.0 Å². The van der Waals surface area contributed by atoms with Crippen molar-refractivity contribution in [2.24, 2.45) is 0 Å². The number of sulfonamides is 1. The Hall–Kier alpha value is -2.06. The number of methoxy groups -OCH3 is 1. The van der Waals surface area contributed by atoms with Gasteiger partial charge in [0.1, 0.15) is 16.4 Å². The molecule has 0 bridgehead atoms. The van der Waals surface area contributed by atoms with E-state index in [0.29, 0.717) is 29.6 Å². The van der Waals surface area contributed by atoms with Gasteiger partial charge in [-0.1, -0.05) is 0 Å². The quantitative estimate of drug-likeness (QED) is 0.840. The van der Waals surface area contributed by atoms with E-state index in [2.05, 4.69) is 15.0 Å². The summed E-state index contributed by atoms with van der Waals surface area (Å²) in [6.45, 7) is 2.07. The van der Waals surface area contributed by atoms with Gasteiger partial charge in [0, 0.05) is 12.1 Å². The lowest BCUT2D eigenvalue weighted by Crippen LogP contribution is -2.13. The maximum absolute atomic E-state index is 12.3. The Morgan fingerprint density at radius 2 is 2.14 bits per heavy atom. The maximum atomic E-state index is 12.3. The van der Waals surface area contributed by atoms with Gasteiger partial charge in [0.15, 0.2) is 0 Å². The first kappa shape index (κ1) is 15.3. The van der Waals surface area contributed by atoms with Gasteiger partial charge in [-0.3, -0.25) is 4.72 Å². The van der Waals surface area contributed by atoms with Crippen LogP contribution in [0.1, 0.15) is 11.5 Å². The Kier molecular flexibility index (Phi) is 4.49. The van der Waals surface area contributed by atoms with E-state index in [1.54, 1.807) is 26.1 Å². The largest absolute Gasteiger partial charge is 0.481 e. The highest BCUT2D eigenvalue weighted by molar-refractivity contribution is 7.92. The third-order valence-corrected chi connectivity index (χ3v) is 4.25. The summed E-state index contributed by atoms with van der Waals surface area (Å²) in [6, 6.07) is 4.66. The standard InChI is InChI=1S/C13H17N3O4S/c1-9-12(6-11(20-9)8-14-2)21(17,18)16-10-4-5-13(19-3)15-7-10/h4-7,14,16H,8H2,1-3H3. The van der Waals surface area contributed by atoms with Gasteiger partial charge >= 0.3 is 0 Å². The molecule has 114 valence electrons. The molecule has 0 aliphatic carbocycles. The molecule has 0 atom stereocenters. The molecule has 2 N–H and O–H groups in total. The molecule has 0 unspecified atom stereocenters. The van der Waals surface area contributed by atoms with Gasteiger partial charge in [0.2, 0.25) is 5.88 Å².